The Bertz CT molecular complexity index is 697. The first-order chi connectivity index (χ1) is 12.2. The Morgan fingerprint density at radius 3 is 2.84 bits per heavy atom. The predicted molar refractivity (Wildman–Crippen MR) is 91.7 cm³/mol. The summed E-state index contributed by atoms with van der Waals surface area (Å²) in [5, 5.41) is 7.09. The Hall–Kier alpha value is -2.57. The van der Waals surface area contributed by atoms with Crippen molar-refractivity contribution in [1.29, 1.82) is 0 Å². The van der Waals surface area contributed by atoms with Crippen LogP contribution in [0.25, 0.3) is 0 Å². The summed E-state index contributed by atoms with van der Waals surface area (Å²) >= 11 is 0. The number of ether oxygens (including phenoxy) is 1. The molecule has 1 aromatic heterocycles. The van der Waals surface area contributed by atoms with Crippen LogP contribution in [0.3, 0.4) is 0 Å². The van der Waals surface area contributed by atoms with Crippen LogP contribution in [-0.4, -0.2) is 40.9 Å². The third-order valence-corrected chi connectivity index (χ3v) is 4.57. The summed E-state index contributed by atoms with van der Waals surface area (Å²) in [6.07, 6.45) is 5.67. The van der Waals surface area contributed by atoms with E-state index in [0.717, 1.165) is 32.5 Å². The largest absolute Gasteiger partial charge is 0.494 e. The second-order valence-corrected chi connectivity index (χ2v) is 6.29. The maximum atomic E-state index is 13.7. The molecule has 1 fully saturated rings. The lowest BCUT2D eigenvalue weighted by Gasteiger charge is -2.32. The minimum Gasteiger partial charge on any atom is -0.494 e. The van der Waals surface area contributed by atoms with Crippen molar-refractivity contribution in [3.63, 3.8) is 0 Å². The van der Waals surface area contributed by atoms with Gasteiger partial charge in [0.1, 0.15) is 0 Å². The summed E-state index contributed by atoms with van der Waals surface area (Å²) in [5.74, 6) is 0.322. The van der Waals surface area contributed by atoms with Crippen LogP contribution in [0.15, 0.2) is 36.7 Å². The van der Waals surface area contributed by atoms with E-state index in [-0.39, 0.29) is 11.8 Å². The van der Waals surface area contributed by atoms with Crippen molar-refractivity contribution >= 4 is 6.03 Å². The van der Waals surface area contributed by atoms with Gasteiger partial charge < -0.3 is 15.0 Å². The number of nitrogens with one attached hydrogen (secondary N) is 1. The summed E-state index contributed by atoms with van der Waals surface area (Å²) in [6.45, 7) is 2.66. The van der Waals surface area contributed by atoms with Crippen molar-refractivity contribution in [2.45, 2.75) is 25.9 Å². The van der Waals surface area contributed by atoms with Crippen LogP contribution in [0, 0.1) is 11.7 Å². The molecule has 0 bridgehead atoms. The van der Waals surface area contributed by atoms with Crippen LogP contribution in [-0.2, 0) is 13.1 Å². The monoisotopic (exact) mass is 346 g/mol. The Balaban J connectivity index is 1.44. The van der Waals surface area contributed by atoms with Gasteiger partial charge in [0.15, 0.2) is 11.6 Å². The lowest BCUT2D eigenvalue weighted by molar-refractivity contribution is 0.164. The first-order valence-electron chi connectivity index (χ1n) is 8.48. The fourth-order valence-corrected chi connectivity index (χ4v) is 3.10. The van der Waals surface area contributed by atoms with Crippen molar-refractivity contribution in [1.82, 2.24) is 20.0 Å². The van der Waals surface area contributed by atoms with Crippen LogP contribution in [0.1, 0.15) is 18.4 Å². The summed E-state index contributed by atoms with van der Waals surface area (Å²) in [6, 6.07) is 6.52. The molecule has 0 radical (unpaired) electrons. The number of carbonyl (C=O) groups is 1. The average molecular weight is 346 g/mol. The van der Waals surface area contributed by atoms with Crippen LogP contribution in [0.4, 0.5) is 9.18 Å². The van der Waals surface area contributed by atoms with E-state index in [0.29, 0.717) is 18.0 Å². The van der Waals surface area contributed by atoms with Crippen molar-refractivity contribution in [2.75, 3.05) is 20.2 Å². The maximum absolute atomic E-state index is 13.7. The number of likely N-dealkylation sites (tertiary alicyclic amines) is 1. The molecule has 0 spiro atoms. The number of aromatic nitrogens is 2. The number of urea groups is 1. The zero-order valence-electron chi connectivity index (χ0n) is 14.3. The molecule has 1 N–H and O–H groups in total. The molecule has 1 aromatic carbocycles. The van der Waals surface area contributed by atoms with Crippen LogP contribution in [0.2, 0.25) is 0 Å². The Morgan fingerprint density at radius 2 is 2.20 bits per heavy atom. The van der Waals surface area contributed by atoms with Gasteiger partial charge in [-0.05, 0) is 42.5 Å². The first kappa shape index (κ1) is 17.3. The first-order valence-corrected chi connectivity index (χ1v) is 8.48. The van der Waals surface area contributed by atoms with Crippen molar-refractivity contribution in [2.24, 2.45) is 5.92 Å². The van der Waals surface area contributed by atoms with Crippen molar-refractivity contribution in [3.05, 3.63) is 48.0 Å². The number of rotatable bonds is 5. The molecule has 3 rings (SSSR count). The van der Waals surface area contributed by atoms with Crippen molar-refractivity contribution < 1.29 is 13.9 Å². The molecule has 2 heterocycles. The SMILES string of the molecule is COc1ccc(CNC(=O)N2CCC(Cn3cccn3)CC2)cc1F. The number of hydrogen-bond acceptors (Lipinski definition) is 3. The summed E-state index contributed by atoms with van der Waals surface area (Å²) < 4.78 is 20.5. The summed E-state index contributed by atoms with van der Waals surface area (Å²) in [5.41, 5.74) is 0.709. The van der Waals surface area contributed by atoms with Gasteiger partial charge in [-0.1, -0.05) is 6.07 Å². The fourth-order valence-electron chi connectivity index (χ4n) is 3.10. The van der Waals surface area contributed by atoms with Gasteiger partial charge in [0, 0.05) is 38.6 Å². The lowest BCUT2D eigenvalue weighted by Crippen LogP contribution is -2.44. The molecule has 1 aliphatic heterocycles. The van der Waals surface area contributed by atoms with E-state index in [4.69, 9.17) is 4.74 Å². The lowest BCUT2D eigenvalue weighted by atomic mass is 9.97. The summed E-state index contributed by atoms with van der Waals surface area (Å²) in [4.78, 5) is 14.1. The average Bonchev–Trinajstić information content (AvgIpc) is 3.13. The van der Waals surface area contributed by atoms with Gasteiger partial charge in [-0.15, -0.1) is 0 Å². The van der Waals surface area contributed by atoms with E-state index in [1.54, 1.807) is 18.3 Å². The molecule has 1 saturated heterocycles. The molecule has 0 saturated carbocycles. The quantitative estimate of drug-likeness (QED) is 0.905. The van der Waals surface area contributed by atoms with E-state index in [9.17, 15) is 9.18 Å². The van der Waals surface area contributed by atoms with Gasteiger partial charge in [0.25, 0.3) is 0 Å². The topological polar surface area (TPSA) is 59.4 Å². The standard InChI is InChI=1S/C18H23FN4O2/c1-25-17-4-3-15(11-16(17)19)12-20-18(24)22-9-5-14(6-10-22)13-23-8-2-7-21-23/h2-4,7-8,11,14H,5-6,9-10,12-13H2,1H3,(H,20,24). The van der Waals surface area contributed by atoms with E-state index < -0.39 is 5.82 Å². The highest BCUT2D eigenvalue weighted by Crippen LogP contribution is 2.20. The fraction of sp³-hybridized carbons (Fsp3) is 0.444. The molecule has 25 heavy (non-hydrogen) atoms. The van der Waals surface area contributed by atoms with E-state index in [1.165, 1.54) is 13.2 Å². The number of amides is 2. The van der Waals surface area contributed by atoms with Gasteiger partial charge >= 0.3 is 6.03 Å². The van der Waals surface area contributed by atoms with Gasteiger partial charge in [-0.25, -0.2) is 9.18 Å². The molecule has 0 atom stereocenters. The molecular formula is C18H23FN4O2. The van der Waals surface area contributed by atoms with Crippen LogP contribution in [0.5, 0.6) is 5.75 Å². The number of carbonyl (C=O) groups excluding carboxylic acids is 1. The van der Waals surface area contributed by atoms with Crippen LogP contribution >= 0.6 is 0 Å². The second kappa shape index (κ2) is 8.00. The number of hydrogen-bond donors (Lipinski definition) is 1. The Morgan fingerprint density at radius 1 is 1.40 bits per heavy atom. The minimum absolute atomic E-state index is 0.103. The molecule has 2 amide bonds. The minimum atomic E-state index is -0.423. The van der Waals surface area contributed by atoms with E-state index >= 15 is 0 Å². The van der Waals surface area contributed by atoms with Gasteiger partial charge in [0.05, 0.1) is 7.11 Å². The Labute approximate surface area is 146 Å². The van der Waals surface area contributed by atoms with Gasteiger partial charge in [-0.3, -0.25) is 4.68 Å². The zero-order valence-corrected chi connectivity index (χ0v) is 14.3. The third-order valence-electron chi connectivity index (χ3n) is 4.57. The van der Waals surface area contributed by atoms with E-state index in [1.807, 2.05) is 21.8 Å². The summed E-state index contributed by atoms with van der Waals surface area (Å²) in [7, 11) is 1.43. The van der Waals surface area contributed by atoms with Gasteiger partial charge in [-0.2, -0.15) is 5.10 Å². The number of nitrogens with zero attached hydrogens (tertiary/aromatic N) is 3. The number of piperidine rings is 1. The van der Waals surface area contributed by atoms with Gasteiger partial charge in [0.2, 0.25) is 0 Å². The molecular weight excluding hydrogens is 323 g/mol. The normalized spacial score (nSPS) is 15.2. The number of halogens is 1. The molecule has 0 aliphatic carbocycles. The highest BCUT2D eigenvalue weighted by atomic mass is 19.1. The molecule has 134 valence electrons. The second-order valence-electron chi connectivity index (χ2n) is 6.29. The van der Waals surface area contributed by atoms with Crippen molar-refractivity contribution in [3.8, 4) is 5.75 Å². The third kappa shape index (κ3) is 4.49. The highest BCUT2D eigenvalue weighted by molar-refractivity contribution is 5.74. The molecule has 7 heteroatoms. The molecule has 0 unspecified atom stereocenters. The predicted octanol–water partition coefficient (Wildman–Crippen LogP) is 2.65. The number of methoxy groups -OCH3 is 1. The molecule has 1 aliphatic rings. The van der Waals surface area contributed by atoms with E-state index in [2.05, 4.69) is 10.4 Å². The molecule has 6 nitrogen and oxygen atoms in total. The van der Waals surface area contributed by atoms with Crippen LogP contribution < -0.4 is 10.1 Å². The molecule has 2 aromatic rings. The smallest absolute Gasteiger partial charge is 0.317 e. The number of benzene rings is 1. The maximum Gasteiger partial charge on any atom is 0.317 e. The Kier molecular flexibility index (Phi) is 5.53. The zero-order chi connectivity index (χ0) is 17.6. The highest BCUT2D eigenvalue weighted by Gasteiger charge is 2.23.